The SMILES string of the molecule is CC(C)(CO)Cc1cnsn1. The molecule has 62 valence electrons. The van der Waals surface area contributed by atoms with Crippen LogP contribution in [0.15, 0.2) is 6.20 Å². The summed E-state index contributed by atoms with van der Waals surface area (Å²) < 4.78 is 7.96. The lowest BCUT2D eigenvalue weighted by atomic mass is 9.89. The van der Waals surface area contributed by atoms with Gasteiger partial charge in [-0.3, -0.25) is 0 Å². The molecule has 0 amide bonds. The van der Waals surface area contributed by atoms with Crippen LogP contribution in [-0.4, -0.2) is 20.5 Å². The molecule has 0 spiro atoms. The number of hydrogen-bond acceptors (Lipinski definition) is 4. The number of aliphatic hydroxyl groups excluding tert-OH is 1. The monoisotopic (exact) mass is 172 g/mol. The molecule has 0 saturated heterocycles. The minimum Gasteiger partial charge on any atom is -0.396 e. The third kappa shape index (κ3) is 2.55. The zero-order chi connectivity index (χ0) is 8.32. The van der Waals surface area contributed by atoms with Crippen molar-refractivity contribution in [1.82, 2.24) is 8.75 Å². The Hall–Kier alpha value is -0.480. The third-order valence-electron chi connectivity index (χ3n) is 1.49. The quantitative estimate of drug-likeness (QED) is 0.742. The van der Waals surface area contributed by atoms with E-state index >= 15 is 0 Å². The Labute approximate surface area is 70.4 Å². The molecule has 0 aliphatic carbocycles. The first-order chi connectivity index (χ1) is 5.14. The summed E-state index contributed by atoms with van der Waals surface area (Å²) in [5, 5.41) is 8.95. The van der Waals surface area contributed by atoms with Crippen molar-refractivity contribution < 1.29 is 5.11 Å². The summed E-state index contributed by atoms with van der Waals surface area (Å²) in [6.07, 6.45) is 2.54. The molecule has 3 nitrogen and oxygen atoms in total. The molecule has 0 saturated carbocycles. The molecule has 0 radical (unpaired) electrons. The molecule has 0 bridgehead atoms. The predicted molar refractivity (Wildman–Crippen MR) is 44.5 cm³/mol. The molecule has 1 heterocycles. The van der Waals surface area contributed by atoms with Crippen molar-refractivity contribution in [2.24, 2.45) is 5.41 Å². The van der Waals surface area contributed by atoms with Crippen LogP contribution >= 0.6 is 11.7 Å². The van der Waals surface area contributed by atoms with E-state index in [4.69, 9.17) is 5.11 Å². The van der Waals surface area contributed by atoms with E-state index < -0.39 is 0 Å². The first-order valence-corrected chi connectivity index (χ1v) is 4.24. The highest BCUT2D eigenvalue weighted by atomic mass is 32.1. The smallest absolute Gasteiger partial charge is 0.0749 e. The van der Waals surface area contributed by atoms with E-state index in [1.165, 1.54) is 11.7 Å². The van der Waals surface area contributed by atoms with E-state index in [1.54, 1.807) is 6.20 Å². The van der Waals surface area contributed by atoms with Gasteiger partial charge in [0.15, 0.2) is 0 Å². The summed E-state index contributed by atoms with van der Waals surface area (Å²) in [4.78, 5) is 0. The maximum absolute atomic E-state index is 8.95. The van der Waals surface area contributed by atoms with Crippen molar-refractivity contribution in [2.75, 3.05) is 6.61 Å². The van der Waals surface area contributed by atoms with E-state index in [1.807, 2.05) is 13.8 Å². The summed E-state index contributed by atoms with van der Waals surface area (Å²) >= 11 is 1.21. The van der Waals surface area contributed by atoms with Crippen molar-refractivity contribution in [3.05, 3.63) is 11.9 Å². The molecule has 1 aromatic rings. The summed E-state index contributed by atoms with van der Waals surface area (Å²) in [6, 6.07) is 0. The van der Waals surface area contributed by atoms with Crippen LogP contribution < -0.4 is 0 Å². The molecule has 1 aromatic heterocycles. The van der Waals surface area contributed by atoms with Gasteiger partial charge in [-0.1, -0.05) is 13.8 Å². The number of rotatable bonds is 3. The van der Waals surface area contributed by atoms with E-state index in [9.17, 15) is 0 Å². The first kappa shape index (κ1) is 8.62. The van der Waals surface area contributed by atoms with Crippen LogP contribution in [0.25, 0.3) is 0 Å². The fourth-order valence-corrected chi connectivity index (χ4v) is 1.24. The first-order valence-electron chi connectivity index (χ1n) is 3.51. The van der Waals surface area contributed by atoms with Crippen LogP contribution in [0.1, 0.15) is 19.5 Å². The Morgan fingerprint density at radius 2 is 2.36 bits per heavy atom. The van der Waals surface area contributed by atoms with Gasteiger partial charge >= 0.3 is 0 Å². The van der Waals surface area contributed by atoms with Crippen LogP contribution in [-0.2, 0) is 6.42 Å². The molecular weight excluding hydrogens is 160 g/mol. The van der Waals surface area contributed by atoms with Gasteiger partial charge < -0.3 is 5.11 Å². The zero-order valence-corrected chi connectivity index (χ0v) is 7.56. The number of hydrogen-bond donors (Lipinski definition) is 1. The second kappa shape index (κ2) is 3.28. The molecular formula is C7H12N2OS. The highest BCUT2D eigenvalue weighted by molar-refractivity contribution is 6.99. The summed E-state index contributed by atoms with van der Waals surface area (Å²) in [5.41, 5.74) is 0.893. The lowest BCUT2D eigenvalue weighted by molar-refractivity contribution is 0.159. The molecule has 1 rings (SSSR count). The highest BCUT2D eigenvalue weighted by Crippen LogP contribution is 2.19. The van der Waals surface area contributed by atoms with Gasteiger partial charge in [0.2, 0.25) is 0 Å². The van der Waals surface area contributed by atoms with E-state index in [0.717, 1.165) is 12.1 Å². The van der Waals surface area contributed by atoms with Crippen molar-refractivity contribution in [3.63, 3.8) is 0 Å². The Morgan fingerprint density at radius 1 is 1.64 bits per heavy atom. The van der Waals surface area contributed by atoms with Crippen molar-refractivity contribution in [1.29, 1.82) is 0 Å². The Bertz CT molecular complexity index is 208. The van der Waals surface area contributed by atoms with Gasteiger partial charge in [0.05, 0.1) is 23.6 Å². The molecule has 0 aromatic carbocycles. The molecule has 11 heavy (non-hydrogen) atoms. The summed E-state index contributed by atoms with van der Waals surface area (Å²) in [7, 11) is 0. The molecule has 0 atom stereocenters. The maximum Gasteiger partial charge on any atom is 0.0749 e. The van der Waals surface area contributed by atoms with Gasteiger partial charge in [0, 0.05) is 6.61 Å². The number of aromatic nitrogens is 2. The average Bonchev–Trinajstić information content (AvgIpc) is 2.39. The molecule has 0 unspecified atom stereocenters. The fraction of sp³-hybridized carbons (Fsp3) is 0.714. The van der Waals surface area contributed by atoms with Crippen LogP contribution in [0.2, 0.25) is 0 Å². The molecule has 0 fully saturated rings. The van der Waals surface area contributed by atoms with Gasteiger partial charge in [-0.15, -0.1) is 0 Å². The average molecular weight is 172 g/mol. The van der Waals surface area contributed by atoms with Gasteiger partial charge in [0.25, 0.3) is 0 Å². The minimum absolute atomic E-state index is 0.0737. The predicted octanol–water partition coefficient (Wildman–Crippen LogP) is 1.10. The molecule has 0 aliphatic rings. The number of aliphatic hydroxyl groups is 1. The lowest BCUT2D eigenvalue weighted by Crippen LogP contribution is -2.19. The highest BCUT2D eigenvalue weighted by Gasteiger charge is 2.18. The van der Waals surface area contributed by atoms with E-state index in [0.29, 0.717) is 0 Å². The lowest BCUT2D eigenvalue weighted by Gasteiger charge is -2.19. The van der Waals surface area contributed by atoms with E-state index in [-0.39, 0.29) is 12.0 Å². The zero-order valence-electron chi connectivity index (χ0n) is 6.74. The van der Waals surface area contributed by atoms with Crippen molar-refractivity contribution >= 4 is 11.7 Å². The second-order valence-corrected chi connectivity index (χ2v) is 3.95. The fourth-order valence-electron chi connectivity index (χ4n) is 0.808. The van der Waals surface area contributed by atoms with Gasteiger partial charge in [-0.2, -0.15) is 8.75 Å². The van der Waals surface area contributed by atoms with Crippen LogP contribution in [0, 0.1) is 5.41 Å². The largest absolute Gasteiger partial charge is 0.396 e. The number of nitrogens with zero attached hydrogens (tertiary/aromatic N) is 2. The van der Waals surface area contributed by atoms with Gasteiger partial charge in [-0.05, 0) is 11.8 Å². The molecule has 1 N–H and O–H groups in total. The molecule has 0 aliphatic heterocycles. The normalized spacial score (nSPS) is 11.9. The summed E-state index contributed by atoms with van der Waals surface area (Å²) in [5.74, 6) is 0. The Balaban J connectivity index is 2.56. The van der Waals surface area contributed by atoms with Crippen LogP contribution in [0.3, 0.4) is 0 Å². The Kier molecular flexibility index (Phi) is 2.57. The van der Waals surface area contributed by atoms with Crippen molar-refractivity contribution in [2.45, 2.75) is 20.3 Å². The maximum atomic E-state index is 8.95. The Morgan fingerprint density at radius 3 is 2.82 bits per heavy atom. The summed E-state index contributed by atoms with van der Waals surface area (Å²) in [6.45, 7) is 4.20. The van der Waals surface area contributed by atoms with Crippen LogP contribution in [0.5, 0.6) is 0 Å². The molecule has 4 heteroatoms. The van der Waals surface area contributed by atoms with E-state index in [2.05, 4.69) is 8.75 Å². The topological polar surface area (TPSA) is 46.0 Å². The minimum atomic E-state index is -0.0737. The van der Waals surface area contributed by atoms with Gasteiger partial charge in [0.1, 0.15) is 0 Å². The van der Waals surface area contributed by atoms with Crippen LogP contribution in [0.4, 0.5) is 0 Å². The van der Waals surface area contributed by atoms with Gasteiger partial charge in [-0.25, -0.2) is 0 Å². The third-order valence-corrected chi connectivity index (χ3v) is 2.01. The van der Waals surface area contributed by atoms with Crippen molar-refractivity contribution in [3.8, 4) is 0 Å². The second-order valence-electron chi connectivity index (χ2n) is 3.40. The standard InChI is InChI=1S/C7H12N2OS/c1-7(2,5-10)3-6-4-8-11-9-6/h4,10H,3,5H2,1-2H3.